The number of aryl methyl sites for hydroxylation is 1. The Morgan fingerprint density at radius 2 is 1.73 bits per heavy atom. The third-order valence-corrected chi connectivity index (χ3v) is 3.07. The lowest BCUT2D eigenvalue weighted by molar-refractivity contribution is -0.137. The van der Waals surface area contributed by atoms with Gasteiger partial charge in [-0.15, -0.1) is 0 Å². The highest BCUT2D eigenvalue weighted by molar-refractivity contribution is 5.80. The molecule has 0 fully saturated rings. The first kappa shape index (κ1) is 15.9. The largest absolute Gasteiger partial charge is 0.497 e. The summed E-state index contributed by atoms with van der Waals surface area (Å²) in [6, 6.07) is 7.78. The summed E-state index contributed by atoms with van der Waals surface area (Å²) in [5.41, 5.74) is -0.324. The number of methoxy groups -OCH3 is 1. The van der Waals surface area contributed by atoms with Crippen LogP contribution in [0.15, 0.2) is 36.4 Å². The van der Waals surface area contributed by atoms with Crippen LogP contribution in [-0.2, 0) is 6.18 Å². The molecule has 0 aromatic heterocycles. The number of ether oxygens (including phenoxy) is 2. The van der Waals surface area contributed by atoms with Gasteiger partial charge >= 0.3 is 6.18 Å². The minimum absolute atomic E-state index is 0.0660. The van der Waals surface area contributed by atoms with E-state index in [0.717, 1.165) is 23.8 Å². The molecule has 0 amide bonds. The van der Waals surface area contributed by atoms with Crippen LogP contribution in [0.25, 0.3) is 0 Å². The van der Waals surface area contributed by atoms with Gasteiger partial charge in [0.25, 0.3) is 0 Å². The maximum Gasteiger partial charge on any atom is 0.416 e. The zero-order valence-electron chi connectivity index (χ0n) is 11.9. The Labute approximate surface area is 125 Å². The van der Waals surface area contributed by atoms with Crippen LogP contribution in [0.5, 0.6) is 17.2 Å². The second kappa shape index (κ2) is 6.09. The van der Waals surface area contributed by atoms with E-state index in [4.69, 9.17) is 9.47 Å². The van der Waals surface area contributed by atoms with Crippen molar-refractivity contribution in [3.05, 3.63) is 53.1 Å². The van der Waals surface area contributed by atoms with Crippen molar-refractivity contribution in [3.8, 4) is 17.2 Å². The van der Waals surface area contributed by atoms with Crippen molar-refractivity contribution in [2.75, 3.05) is 7.11 Å². The molecule has 0 saturated heterocycles. The smallest absolute Gasteiger partial charge is 0.416 e. The average Bonchev–Trinajstić information content (AvgIpc) is 2.48. The average molecular weight is 310 g/mol. The molecule has 2 aromatic rings. The van der Waals surface area contributed by atoms with Gasteiger partial charge in [-0.05, 0) is 48.9 Å². The van der Waals surface area contributed by atoms with Crippen molar-refractivity contribution in [2.45, 2.75) is 13.1 Å². The number of rotatable bonds is 4. The second-order valence-electron chi connectivity index (χ2n) is 4.60. The molecule has 0 aliphatic carbocycles. The third-order valence-electron chi connectivity index (χ3n) is 3.07. The lowest BCUT2D eigenvalue weighted by Gasteiger charge is -2.13. The van der Waals surface area contributed by atoms with Gasteiger partial charge in [0.2, 0.25) is 0 Å². The highest BCUT2D eigenvalue weighted by Gasteiger charge is 2.31. The van der Waals surface area contributed by atoms with E-state index in [9.17, 15) is 18.0 Å². The van der Waals surface area contributed by atoms with Gasteiger partial charge < -0.3 is 9.47 Å². The second-order valence-corrected chi connectivity index (χ2v) is 4.60. The molecule has 0 bridgehead atoms. The molecule has 0 saturated carbocycles. The van der Waals surface area contributed by atoms with Gasteiger partial charge in [-0.25, -0.2) is 0 Å². The molecule has 0 unspecified atom stereocenters. The van der Waals surface area contributed by atoms with Crippen LogP contribution in [0.3, 0.4) is 0 Å². The quantitative estimate of drug-likeness (QED) is 0.773. The van der Waals surface area contributed by atoms with E-state index in [1.54, 1.807) is 25.1 Å². The van der Waals surface area contributed by atoms with Crippen LogP contribution in [0.1, 0.15) is 21.5 Å². The van der Waals surface area contributed by atoms with Crippen molar-refractivity contribution < 1.29 is 27.4 Å². The molecule has 22 heavy (non-hydrogen) atoms. The standard InChI is InChI=1S/C16H13F3O3/c1-10-7-13(21-2)4-6-14(10)22-15-5-3-12(16(17,18)19)8-11(15)9-20/h3-9H,1-2H3. The monoisotopic (exact) mass is 310 g/mol. The molecule has 3 nitrogen and oxygen atoms in total. The molecule has 0 spiro atoms. The molecule has 2 aromatic carbocycles. The number of hydrogen-bond donors (Lipinski definition) is 0. The molecule has 0 N–H and O–H groups in total. The summed E-state index contributed by atoms with van der Waals surface area (Å²) in [6.07, 6.45) is -4.17. The summed E-state index contributed by atoms with van der Waals surface area (Å²) in [5.74, 6) is 1.13. The minimum Gasteiger partial charge on any atom is -0.497 e. The molecule has 0 aliphatic rings. The van der Waals surface area contributed by atoms with Gasteiger partial charge in [-0.3, -0.25) is 4.79 Å². The van der Waals surface area contributed by atoms with E-state index in [2.05, 4.69) is 0 Å². The SMILES string of the molecule is COc1ccc(Oc2ccc(C(F)(F)F)cc2C=O)c(C)c1. The van der Waals surface area contributed by atoms with E-state index in [-0.39, 0.29) is 11.3 Å². The first-order valence-corrected chi connectivity index (χ1v) is 6.34. The predicted octanol–water partition coefficient (Wildman–Crippen LogP) is 4.63. The Hall–Kier alpha value is -2.50. The Bertz CT molecular complexity index is 694. The van der Waals surface area contributed by atoms with Crippen LogP contribution >= 0.6 is 0 Å². The first-order valence-electron chi connectivity index (χ1n) is 6.34. The molecule has 2 rings (SSSR count). The normalized spacial score (nSPS) is 11.1. The summed E-state index contributed by atoms with van der Waals surface area (Å²) in [7, 11) is 1.52. The Balaban J connectivity index is 2.35. The highest BCUT2D eigenvalue weighted by Crippen LogP contribution is 2.34. The zero-order chi connectivity index (χ0) is 16.3. The lowest BCUT2D eigenvalue weighted by Crippen LogP contribution is -2.06. The summed E-state index contributed by atoms with van der Waals surface area (Å²) in [4.78, 5) is 11.0. The number of aldehydes is 1. The van der Waals surface area contributed by atoms with Gasteiger partial charge in [0.1, 0.15) is 17.2 Å². The molecule has 116 valence electrons. The van der Waals surface area contributed by atoms with Crippen molar-refractivity contribution >= 4 is 6.29 Å². The van der Waals surface area contributed by atoms with Crippen molar-refractivity contribution in [2.24, 2.45) is 0 Å². The molecule has 6 heteroatoms. The minimum atomic E-state index is -4.51. The summed E-state index contributed by atoms with van der Waals surface area (Å²) < 4.78 is 48.5. The van der Waals surface area contributed by atoms with Crippen molar-refractivity contribution in [1.29, 1.82) is 0 Å². The third kappa shape index (κ3) is 3.39. The first-order chi connectivity index (χ1) is 10.3. The number of carbonyl (C=O) groups is 1. The molecule has 0 aliphatic heterocycles. The highest BCUT2D eigenvalue weighted by atomic mass is 19.4. The molecule has 0 radical (unpaired) electrons. The fourth-order valence-electron chi connectivity index (χ4n) is 1.89. The predicted molar refractivity (Wildman–Crippen MR) is 74.6 cm³/mol. The number of carbonyl (C=O) groups excluding carboxylic acids is 1. The van der Waals surface area contributed by atoms with Crippen LogP contribution in [0.2, 0.25) is 0 Å². The molecule has 0 atom stereocenters. The van der Waals surface area contributed by atoms with Gasteiger partial charge in [0.05, 0.1) is 18.2 Å². The fraction of sp³-hybridized carbons (Fsp3) is 0.188. The zero-order valence-corrected chi connectivity index (χ0v) is 11.9. The van der Waals surface area contributed by atoms with Crippen LogP contribution in [0, 0.1) is 6.92 Å². The topological polar surface area (TPSA) is 35.5 Å². The number of benzene rings is 2. The van der Waals surface area contributed by atoms with Crippen LogP contribution in [0.4, 0.5) is 13.2 Å². The van der Waals surface area contributed by atoms with E-state index in [1.807, 2.05) is 0 Å². The van der Waals surface area contributed by atoms with Gasteiger partial charge in [-0.1, -0.05) is 0 Å². The van der Waals surface area contributed by atoms with Crippen LogP contribution in [-0.4, -0.2) is 13.4 Å². The Morgan fingerprint density at radius 3 is 2.27 bits per heavy atom. The van der Waals surface area contributed by atoms with Gasteiger partial charge in [0, 0.05) is 0 Å². The number of halogens is 3. The molecule has 0 heterocycles. The van der Waals surface area contributed by atoms with E-state index >= 15 is 0 Å². The number of alkyl halides is 3. The number of hydrogen-bond acceptors (Lipinski definition) is 3. The van der Waals surface area contributed by atoms with E-state index in [0.29, 0.717) is 17.8 Å². The van der Waals surface area contributed by atoms with Crippen LogP contribution < -0.4 is 9.47 Å². The lowest BCUT2D eigenvalue weighted by atomic mass is 10.1. The summed E-state index contributed by atoms with van der Waals surface area (Å²) in [6.45, 7) is 1.77. The van der Waals surface area contributed by atoms with Gasteiger partial charge in [0.15, 0.2) is 6.29 Å². The Morgan fingerprint density at radius 1 is 1.05 bits per heavy atom. The fourth-order valence-corrected chi connectivity index (χ4v) is 1.89. The molecular formula is C16H13F3O3. The Kier molecular flexibility index (Phi) is 4.40. The summed E-state index contributed by atoms with van der Waals surface area (Å²) in [5, 5.41) is 0. The van der Waals surface area contributed by atoms with Crippen molar-refractivity contribution in [1.82, 2.24) is 0 Å². The van der Waals surface area contributed by atoms with E-state index in [1.165, 1.54) is 7.11 Å². The molecular weight excluding hydrogens is 297 g/mol. The maximum atomic E-state index is 12.6. The maximum absolute atomic E-state index is 12.6. The van der Waals surface area contributed by atoms with E-state index < -0.39 is 11.7 Å². The summed E-state index contributed by atoms with van der Waals surface area (Å²) >= 11 is 0. The van der Waals surface area contributed by atoms with Gasteiger partial charge in [-0.2, -0.15) is 13.2 Å². The van der Waals surface area contributed by atoms with Crippen molar-refractivity contribution in [3.63, 3.8) is 0 Å².